The Labute approximate surface area is 192 Å². The summed E-state index contributed by atoms with van der Waals surface area (Å²) in [5.41, 5.74) is 7.05. The second-order valence-corrected chi connectivity index (χ2v) is 10.1. The largest absolute Gasteiger partial charge is 0.378 e. The first-order valence-electron chi connectivity index (χ1n) is 10.7. The van der Waals surface area contributed by atoms with Crippen molar-refractivity contribution in [1.29, 1.82) is 0 Å². The lowest BCUT2D eigenvalue weighted by Gasteiger charge is -2.28. The summed E-state index contributed by atoms with van der Waals surface area (Å²) in [6.45, 7) is 2.90. The number of hydrogen-bond donors (Lipinski definition) is 2. The predicted molar refractivity (Wildman–Crippen MR) is 129 cm³/mol. The Bertz CT molecular complexity index is 1390. The molecule has 33 heavy (non-hydrogen) atoms. The van der Waals surface area contributed by atoms with Gasteiger partial charge in [0.25, 0.3) is 0 Å². The molecule has 170 valence electrons. The standard InChI is InChI=1S/C23H25N7O2S/c1-24-29-33(2,31)17-5-3-16(4-6-17)19-15-21(30-11-13-32-14-12-30)27-22-18(19)7-9-25-23(22)20-8-10-26-28-20/h3-10,15,24H,11-14H2,1-2H3,(H,26,28). The minimum atomic E-state index is -2.51. The lowest BCUT2D eigenvalue weighted by molar-refractivity contribution is 0.122. The summed E-state index contributed by atoms with van der Waals surface area (Å²) in [4.78, 5) is 12.5. The van der Waals surface area contributed by atoms with Crippen LogP contribution in [0.15, 0.2) is 64.2 Å². The third-order valence-corrected chi connectivity index (χ3v) is 7.35. The molecule has 1 aliphatic heterocycles. The van der Waals surface area contributed by atoms with E-state index in [1.54, 1.807) is 25.7 Å². The first-order chi connectivity index (χ1) is 16.1. The summed E-state index contributed by atoms with van der Waals surface area (Å²) in [6.07, 6.45) is 5.12. The number of aromatic amines is 1. The number of nitrogens with one attached hydrogen (secondary N) is 2. The number of morpholine rings is 1. The predicted octanol–water partition coefficient (Wildman–Crippen LogP) is 3.11. The molecular formula is C23H25N7O2S. The van der Waals surface area contributed by atoms with Crippen LogP contribution in [0.1, 0.15) is 0 Å². The van der Waals surface area contributed by atoms with Crippen molar-refractivity contribution < 1.29 is 8.95 Å². The molecule has 0 saturated carbocycles. The van der Waals surface area contributed by atoms with E-state index in [9.17, 15) is 4.21 Å². The third-order valence-electron chi connectivity index (χ3n) is 5.67. The first kappa shape index (κ1) is 21.5. The Morgan fingerprint density at radius 1 is 1.12 bits per heavy atom. The van der Waals surface area contributed by atoms with E-state index in [0.717, 1.165) is 52.3 Å². The smallest absolute Gasteiger partial charge is 0.130 e. The van der Waals surface area contributed by atoms with Gasteiger partial charge in [0.15, 0.2) is 0 Å². The van der Waals surface area contributed by atoms with Gasteiger partial charge in [-0.05, 0) is 41.5 Å². The molecule has 0 amide bonds. The zero-order valence-electron chi connectivity index (χ0n) is 18.5. The van der Waals surface area contributed by atoms with Gasteiger partial charge in [-0.15, -0.1) is 4.47 Å². The van der Waals surface area contributed by atoms with Crippen LogP contribution in [0.4, 0.5) is 5.82 Å². The summed E-state index contributed by atoms with van der Waals surface area (Å²) in [7, 11) is -0.853. The molecule has 10 heteroatoms. The minimum absolute atomic E-state index is 0.671. The van der Waals surface area contributed by atoms with Crippen molar-refractivity contribution in [1.82, 2.24) is 25.6 Å². The SMILES string of the molecule is CNN=S(C)(=O)c1ccc(-c2cc(N3CCOCC3)nc3c(-c4ccn[nH]4)nccc23)cc1. The molecule has 1 saturated heterocycles. The average molecular weight is 464 g/mol. The molecule has 3 aromatic heterocycles. The summed E-state index contributed by atoms with van der Waals surface area (Å²) in [6, 6.07) is 13.7. The fraction of sp³-hybridized carbons (Fsp3) is 0.261. The zero-order chi connectivity index (χ0) is 22.8. The van der Waals surface area contributed by atoms with Gasteiger partial charge in [0, 0.05) is 49.1 Å². The van der Waals surface area contributed by atoms with E-state index in [2.05, 4.69) is 36.0 Å². The van der Waals surface area contributed by atoms with Crippen LogP contribution in [0, 0.1) is 0 Å². The van der Waals surface area contributed by atoms with Gasteiger partial charge >= 0.3 is 0 Å². The average Bonchev–Trinajstić information content (AvgIpc) is 3.38. The molecule has 1 unspecified atom stereocenters. The minimum Gasteiger partial charge on any atom is -0.378 e. The highest BCUT2D eigenvalue weighted by Crippen LogP contribution is 2.35. The third kappa shape index (κ3) is 4.20. The number of aromatic nitrogens is 4. The summed E-state index contributed by atoms with van der Waals surface area (Å²) < 4.78 is 22.4. The van der Waals surface area contributed by atoms with E-state index >= 15 is 0 Å². The molecule has 0 bridgehead atoms. The summed E-state index contributed by atoms with van der Waals surface area (Å²) in [5.74, 6) is 0.878. The topological polar surface area (TPSA) is 108 Å². The van der Waals surface area contributed by atoms with Gasteiger partial charge in [-0.1, -0.05) is 12.1 Å². The Morgan fingerprint density at radius 3 is 2.61 bits per heavy atom. The number of ether oxygens (including phenoxy) is 1. The van der Waals surface area contributed by atoms with Crippen molar-refractivity contribution in [3.8, 4) is 22.5 Å². The molecule has 0 spiro atoms. The number of H-pyrrole nitrogens is 1. The molecule has 4 heterocycles. The number of anilines is 1. The van der Waals surface area contributed by atoms with Crippen LogP contribution in [0.5, 0.6) is 0 Å². The van der Waals surface area contributed by atoms with Gasteiger partial charge in [0.2, 0.25) is 0 Å². The van der Waals surface area contributed by atoms with Gasteiger partial charge in [-0.2, -0.15) is 5.10 Å². The maximum Gasteiger partial charge on any atom is 0.130 e. The highest BCUT2D eigenvalue weighted by atomic mass is 32.2. The molecule has 9 nitrogen and oxygen atoms in total. The highest BCUT2D eigenvalue weighted by Gasteiger charge is 2.19. The Hall–Kier alpha value is -3.34. The quantitative estimate of drug-likeness (QED) is 0.438. The number of hydrogen-bond acceptors (Lipinski definition) is 7. The van der Waals surface area contributed by atoms with Crippen LogP contribution in [0.25, 0.3) is 33.4 Å². The molecule has 0 radical (unpaired) electrons. The van der Waals surface area contributed by atoms with Gasteiger partial charge in [-0.3, -0.25) is 10.1 Å². The van der Waals surface area contributed by atoms with E-state index < -0.39 is 9.73 Å². The van der Waals surface area contributed by atoms with Gasteiger partial charge in [-0.25, -0.2) is 14.6 Å². The lowest BCUT2D eigenvalue weighted by Crippen LogP contribution is -2.36. The number of fused-ring (bicyclic) bond motifs is 1. The summed E-state index contributed by atoms with van der Waals surface area (Å²) in [5, 5.41) is 8.07. The van der Waals surface area contributed by atoms with Crippen LogP contribution in [-0.4, -0.2) is 64.0 Å². The second kappa shape index (κ2) is 8.89. The van der Waals surface area contributed by atoms with Crippen LogP contribution in [0.3, 0.4) is 0 Å². The molecule has 1 atom stereocenters. The molecular weight excluding hydrogens is 438 g/mol. The molecule has 1 fully saturated rings. The molecule has 0 aliphatic carbocycles. The maximum atomic E-state index is 12.8. The van der Waals surface area contributed by atoms with E-state index in [1.165, 1.54) is 0 Å². The fourth-order valence-electron chi connectivity index (χ4n) is 4.03. The van der Waals surface area contributed by atoms with Crippen molar-refractivity contribution in [2.24, 2.45) is 4.47 Å². The van der Waals surface area contributed by atoms with Crippen LogP contribution in [-0.2, 0) is 14.5 Å². The van der Waals surface area contributed by atoms with Gasteiger partial charge < -0.3 is 9.64 Å². The molecule has 4 aromatic rings. The number of nitrogens with zero attached hydrogens (tertiary/aromatic N) is 5. The van der Waals surface area contributed by atoms with Crippen LogP contribution >= 0.6 is 0 Å². The zero-order valence-corrected chi connectivity index (χ0v) is 19.3. The maximum absolute atomic E-state index is 12.8. The Kier molecular flexibility index (Phi) is 5.79. The van der Waals surface area contributed by atoms with Crippen molar-refractivity contribution in [2.45, 2.75) is 4.90 Å². The molecule has 5 rings (SSSR count). The first-order valence-corrected chi connectivity index (χ1v) is 12.6. The van der Waals surface area contributed by atoms with Crippen molar-refractivity contribution in [3.05, 3.63) is 54.9 Å². The molecule has 1 aliphatic rings. The summed E-state index contributed by atoms with van der Waals surface area (Å²) >= 11 is 0. The second-order valence-electron chi connectivity index (χ2n) is 7.80. The van der Waals surface area contributed by atoms with Crippen molar-refractivity contribution in [2.75, 3.05) is 44.5 Å². The molecule has 2 N–H and O–H groups in total. The Morgan fingerprint density at radius 2 is 1.91 bits per heavy atom. The van der Waals surface area contributed by atoms with Crippen molar-refractivity contribution in [3.63, 3.8) is 0 Å². The van der Waals surface area contributed by atoms with Gasteiger partial charge in [0.1, 0.15) is 17.0 Å². The molecule has 1 aromatic carbocycles. The van der Waals surface area contributed by atoms with E-state index in [1.807, 2.05) is 36.4 Å². The number of pyridine rings is 2. The Balaban J connectivity index is 1.70. The monoisotopic (exact) mass is 463 g/mol. The van der Waals surface area contributed by atoms with Crippen molar-refractivity contribution >= 4 is 26.4 Å². The number of rotatable bonds is 5. The van der Waals surface area contributed by atoms with E-state index in [-0.39, 0.29) is 0 Å². The van der Waals surface area contributed by atoms with Gasteiger partial charge in [0.05, 0.1) is 28.6 Å². The van der Waals surface area contributed by atoms with E-state index in [4.69, 9.17) is 9.72 Å². The van der Waals surface area contributed by atoms with E-state index in [0.29, 0.717) is 18.1 Å². The highest BCUT2D eigenvalue weighted by molar-refractivity contribution is 7.93. The van der Waals surface area contributed by atoms with Crippen LogP contribution in [0.2, 0.25) is 0 Å². The lowest BCUT2D eigenvalue weighted by atomic mass is 10.00. The number of benzene rings is 1. The fourth-order valence-corrected chi connectivity index (χ4v) is 5.13. The normalized spacial score (nSPS) is 16.0. The van der Waals surface area contributed by atoms with Crippen LogP contribution < -0.4 is 10.3 Å².